The molecule has 1 heterocycles. The van der Waals surface area contributed by atoms with Crippen LogP contribution < -0.4 is 0 Å². The smallest absolute Gasteiger partial charge is 0.433 e. The highest BCUT2D eigenvalue weighted by Crippen LogP contribution is 2.31. The average molecular weight is 299 g/mol. The number of hydrogen-bond donors (Lipinski definition) is 0. The third-order valence-corrected chi connectivity index (χ3v) is 2.94. The molecule has 0 fully saturated rings. The first-order valence-corrected chi connectivity index (χ1v) is 6.28. The SMILES string of the molecule is CCC=C(OC)c1ccc2nc(C(F)(F)F)cc(F)c2c1. The number of hydrogen-bond acceptors (Lipinski definition) is 2. The summed E-state index contributed by atoms with van der Waals surface area (Å²) in [6.07, 6.45) is -2.15. The van der Waals surface area contributed by atoms with Crippen molar-refractivity contribution in [1.29, 1.82) is 0 Å². The fourth-order valence-corrected chi connectivity index (χ4v) is 1.99. The Labute approximate surface area is 119 Å². The third-order valence-electron chi connectivity index (χ3n) is 2.94. The van der Waals surface area contributed by atoms with Gasteiger partial charge in [-0.1, -0.05) is 6.92 Å². The van der Waals surface area contributed by atoms with Gasteiger partial charge in [0.25, 0.3) is 0 Å². The van der Waals surface area contributed by atoms with Gasteiger partial charge in [0.2, 0.25) is 0 Å². The Hall–Kier alpha value is -2.11. The predicted molar refractivity (Wildman–Crippen MR) is 72.0 cm³/mol. The molecule has 0 unspecified atom stereocenters. The fourth-order valence-electron chi connectivity index (χ4n) is 1.99. The van der Waals surface area contributed by atoms with Gasteiger partial charge in [-0.25, -0.2) is 9.37 Å². The van der Waals surface area contributed by atoms with Crippen LogP contribution in [0.3, 0.4) is 0 Å². The maximum Gasteiger partial charge on any atom is 0.433 e. The molecule has 112 valence electrons. The Kier molecular flexibility index (Phi) is 4.16. The molecule has 0 atom stereocenters. The molecule has 0 aliphatic heterocycles. The van der Waals surface area contributed by atoms with Crippen LogP contribution in [0, 0.1) is 5.82 Å². The van der Waals surface area contributed by atoms with Crippen molar-refractivity contribution in [2.45, 2.75) is 19.5 Å². The first-order chi connectivity index (χ1) is 9.86. The van der Waals surface area contributed by atoms with Crippen molar-refractivity contribution in [3.05, 3.63) is 47.4 Å². The number of halogens is 4. The van der Waals surface area contributed by atoms with Gasteiger partial charge >= 0.3 is 6.18 Å². The summed E-state index contributed by atoms with van der Waals surface area (Å²) in [6.45, 7) is 1.91. The molecule has 0 amide bonds. The predicted octanol–water partition coefficient (Wildman–Crippen LogP) is 4.79. The van der Waals surface area contributed by atoms with E-state index in [4.69, 9.17) is 4.74 Å². The van der Waals surface area contributed by atoms with Crippen LogP contribution in [0.4, 0.5) is 17.6 Å². The van der Waals surface area contributed by atoms with E-state index in [1.807, 2.05) is 6.92 Å². The van der Waals surface area contributed by atoms with E-state index in [-0.39, 0.29) is 10.9 Å². The molecule has 2 aromatic rings. The summed E-state index contributed by atoms with van der Waals surface area (Å²) in [5.41, 5.74) is -0.693. The molecule has 1 aromatic heterocycles. The van der Waals surface area contributed by atoms with Crippen LogP contribution >= 0.6 is 0 Å². The van der Waals surface area contributed by atoms with E-state index in [0.717, 1.165) is 6.42 Å². The summed E-state index contributed by atoms with van der Waals surface area (Å²) in [7, 11) is 1.48. The molecule has 0 saturated heterocycles. The topological polar surface area (TPSA) is 22.1 Å². The molecule has 6 heteroatoms. The number of pyridine rings is 1. The maximum atomic E-state index is 13.9. The van der Waals surface area contributed by atoms with E-state index in [1.165, 1.54) is 19.2 Å². The Morgan fingerprint density at radius 1 is 1.29 bits per heavy atom. The molecule has 0 radical (unpaired) electrons. The molecular weight excluding hydrogens is 286 g/mol. The van der Waals surface area contributed by atoms with Crippen LogP contribution in [0.15, 0.2) is 30.3 Å². The second-order valence-electron chi connectivity index (χ2n) is 4.40. The molecule has 0 aliphatic carbocycles. The third kappa shape index (κ3) is 3.15. The zero-order valence-corrected chi connectivity index (χ0v) is 11.5. The van der Waals surface area contributed by atoms with Crippen LogP contribution in [0.1, 0.15) is 24.6 Å². The first kappa shape index (κ1) is 15.3. The van der Waals surface area contributed by atoms with Gasteiger partial charge in [0, 0.05) is 17.0 Å². The van der Waals surface area contributed by atoms with E-state index < -0.39 is 17.7 Å². The molecule has 0 saturated carbocycles. The Bertz CT molecular complexity index is 692. The number of allylic oxidation sites excluding steroid dienone is 1. The van der Waals surface area contributed by atoms with Gasteiger partial charge in [-0.05, 0) is 30.7 Å². The zero-order valence-electron chi connectivity index (χ0n) is 11.5. The number of ether oxygens (including phenoxy) is 1. The van der Waals surface area contributed by atoms with Gasteiger partial charge in [-0.3, -0.25) is 0 Å². The van der Waals surface area contributed by atoms with E-state index in [9.17, 15) is 17.6 Å². The number of methoxy groups -OCH3 is 1. The Morgan fingerprint density at radius 3 is 2.57 bits per heavy atom. The number of benzene rings is 1. The quantitative estimate of drug-likeness (QED) is 0.600. The molecule has 0 spiro atoms. The second kappa shape index (κ2) is 5.71. The Balaban J connectivity index is 2.60. The van der Waals surface area contributed by atoms with Gasteiger partial charge in [-0.15, -0.1) is 0 Å². The minimum atomic E-state index is -4.67. The number of fused-ring (bicyclic) bond motifs is 1. The normalized spacial score (nSPS) is 12.8. The minimum absolute atomic E-state index is 0.0274. The van der Waals surface area contributed by atoms with Crippen molar-refractivity contribution in [1.82, 2.24) is 4.98 Å². The number of aromatic nitrogens is 1. The van der Waals surface area contributed by atoms with Crippen molar-refractivity contribution < 1.29 is 22.3 Å². The molecule has 2 nitrogen and oxygen atoms in total. The van der Waals surface area contributed by atoms with Crippen molar-refractivity contribution in [3.8, 4) is 0 Å². The number of alkyl halides is 3. The van der Waals surface area contributed by atoms with Gasteiger partial charge < -0.3 is 4.74 Å². The summed E-state index contributed by atoms with van der Waals surface area (Å²) in [4.78, 5) is 3.45. The second-order valence-corrected chi connectivity index (χ2v) is 4.40. The van der Waals surface area contributed by atoms with Crippen LogP contribution in [-0.2, 0) is 10.9 Å². The lowest BCUT2D eigenvalue weighted by atomic mass is 10.1. The van der Waals surface area contributed by atoms with E-state index in [0.29, 0.717) is 17.4 Å². The lowest BCUT2D eigenvalue weighted by Gasteiger charge is -2.10. The summed E-state index contributed by atoms with van der Waals surface area (Å²) in [5.74, 6) is -0.417. The van der Waals surface area contributed by atoms with Gasteiger partial charge in [-0.2, -0.15) is 13.2 Å². The van der Waals surface area contributed by atoms with Crippen LogP contribution in [0.5, 0.6) is 0 Å². The molecule has 0 aliphatic rings. The zero-order chi connectivity index (χ0) is 15.6. The summed E-state index contributed by atoms with van der Waals surface area (Å²) in [5, 5.41) is 0.0274. The maximum absolute atomic E-state index is 13.9. The van der Waals surface area contributed by atoms with E-state index >= 15 is 0 Å². The van der Waals surface area contributed by atoms with Crippen molar-refractivity contribution in [3.63, 3.8) is 0 Å². The Morgan fingerprint density at radius 2 is 2.00 bits per heavy atom. The van der Waals surface area contributed by atoms with Crippen LogP contribution in [0.25, 0.3) is 16.7 Å². The molecule has 0 N–H and O–H groups in total. The summed E-state index contributed by atoms with van der Waals surface area (Å²) in [6, 6.07) is 4.75. The standard InChI is InChI=1S/C15H13F4NO/c1-3-4-13(21-2)9-5-6-12-10(7-9)11(16)8-14(20-12)15(17,18)19/h4-8H,3H2,1-2H3. The minimum Gasteiger partial charge on any atom is -0.496 e. The van der Waals surface area contributed by atoms with Crippen molar-refractivity contribution in [2.75, 3.05) is 7.11 Å². The largest absolute Gasteiger partial charge is 0.496 e. The number of rotatable bonds is 3. The van der Waals surface area contributed by atoms with Crippen molar-refractivity contribution in [2.24, 2.45) is 0 Å². The van der Waals surface area contributed by atoms with Gasteiger partial charge in [0.1, 0.15) is 17.3 Å². The van der Waals surface area contributed by atoms with Crippen LogP contribution in [0.2, 0.25) is 0 Å². The molecule has 21 heavy (non-hydrogen) atoms. The lowest BCUT2D eigenvalue weighted by Crippen LogP contribution is -2.08. The molecule has 1 aromatic carbocycles. The van der Waals surface area contributed by atoms with E-state index in [2.05, 4.69) is 4.98 Å². The van der Waals surface area contributed by atoms with Crippen molar-refractivity contribution >= 4 is 16.7 Å². The highest BCUT2D eigenvalue weighted by Gasteiger charge is 2.33. The molecule has 2 rings (SSSR count). The van der Waals surface area contributed by atoms with E-state index in [1.54, 1.807) is 12.1 Å². The lowest BCUT2D eigenvalue weighted by molar-refractivity contribution is -0.141. The molecular formula is C15H13F4NO. The first-order valence-electron chi connectivity index (χ1n) is 6.28. The molecule has 0 bridgehead atoms. The monoisotopic (exact) mass is 299 g/mol. The summed E-state index contributed by atoms with van der Waals surface area (Å²) < 4.78 is 56.9. The van der Waals surface area contributed by atoms with Crippen LogP contribution in [-0.4, -0.2) is 12.1 Å². The highest BCUT2D eigenvalue weighted by molar-refractivity contribution is 5.83. The number of nitrogens with zero attached hydrogens (tertiary/aromatic N) is 1. The fraction of sp³-hybridized carbons (Fsp3) is 0.267. The highest BCUT2D eigenvalue weighted by atomic mass is 19.4. The van der Waals surface area contributed by atoms with Gasteiger partial charge in [0.15, 0.2) is 0 Å². The summed E-state index contributed by atoms with van der Waals surface area (Å²) >= 11 is 0. The van der Waals surface area contributed by atoms with Gasteiger partial charge in [0.05, 0.1) is 12.6 Å². The average Bonchev–Trinajstić information content (AvgIpc) is 2.43.